The lowest BCUT2D eigenvalue weighted by Crippen LogP contribution is -2.33. The summed E-state index contributed by atoms with van der Waals surface area (Å²) in [5.74, 6) is 2.05. The van der Waals surface area contributed by atoms with Crippen LogP contribution in [0.2, 0.25) is 0 Å². The van der Waals surface area contributed by atoms with Crippen LogP contribution in [0.1, 0.15) is 29.3 Å². The lowest BCUT2D eigenvalue weighted by Gasteiger charge is -2.15. The number of aryl methyl sites for hydroxylation is 1. The van der Waals surface area contributed by atoms with Crippen LogP contribution in [0.5, 0.6) is 11.5 Å². The topological polar surface area (TPSA) is 73.6 Å². The summed E-state index contributed by atoms with van der Waals surface area (Å²) in [5.41, 5.74) is 3.15. The first-order chi connectivity index (χ1) is 16.6. The minimum Gasteiger partial charge on any atom is -0.497 e. The molecule has 3 aromatic carbocycles. The standard InChI is InChI=1S/C28H28N2O4/c1-19(13-14-20-9-5-4-6-10-20)30-27(31)22-11-7-8-12-23(22)28-29-18-26(34-28)24-16-15-21(32-2)17-25(24)33-3/h4-12,15-19H,13-14H2,1-3H3,(H,30,31)/t19-/m1/s1. The third-order valence-electron chi connectivity index (χ3n) is 5.67. The van der Waals surface area contributed by atoms with Crippen molar-refractivity contribution < 1.29 is 18.7 Å². The van der Waals surface area contributed by atoms with Crippen LogP contribution in [0.15, 0.2) is 83.4 Å². The van der Waals surface area contributed by atoms with Gasteiger partial charge in [-0.25, -0.2) is 4.98 Å². The van der Waals surface area contributed by atoms with Crippen molar-refractivity contribution in [2.75, 3.05) is 14.2 Å². The molecule has 4 aromatic rings. The first kappa shape index (κ1) is 23.1. The van der Waals surface area contributed by atoms with E-state index in [9.17, 15) is 4.79 Å². The summed E-state index contributed by atoms with van der Waals surface area (Å²) < 4.78 is 16.8. The molecule has 6 heteroatoms. The Labute approximate surface area is 199 Å². The largest absolute Gasteiger partial charge is 0.497 e. The average molecular weight is 457 g/mol. The predicted octanol–water partition coefficient (Wildman–Crippen LogP) is 5.78. The Bertz CT molecular complexity index is 1250. The Kier molecular flexibility index (Phi) is 7.28. The van der Waals surface area contributed by atoms with Gasteiger partial charge in [-0.2, -0.15) is 0 Å². The van der Waals surface area contributed by atoms with Gasteiger partial charge in [-0.3, -0.25) is 4.79 Å². The number of amides is 1. The van der Waals surface area contributed by atoms with Crippen molar-refractivity contribution in [1.82, 2.24) is 10.3 Å². The van der Waals surface area contributed by atoms with Crippen LogP contribution in [0.25, 0.3) is 22.8 Å². The summed E-state index contributed by atoms with van der Waals surface area (Å²) in [7, 11) is 3.19. The van der Waals surface area contributed by atoms with E-state index in [0.29, 0.717) is 34.3 Å². The van der Waals surface area contributed by atoms with Crippen LogP contribution in [0.3, 0.4) is 0 Å². The predicted molar refractivity (Wildman–Crippen MR) is 132 cm³/mol. The second-order valence-electron chi connectivity index (χ2n) is 8.04. The van der Waals surface area contributed by atoms with E-state index in [4.69, 9.17) is 13.9 Å². The maximum atomic E-state index is 13.1. The minimum absolute atomic E-state index is 0.0180. The van der Waals surface area contributed by atoms with E-state index < -0.39 is 0 Å². The first-order valence-electron chi connectivity index (χ1n) is 11.2. The minimum atomic E-state index is -0.155. The van der Waals surface area contributed by atoms with E-state index in [1.165, 1.54) is 5.56 Å². The Morgan fingerprint density at radius 1 is 0.971 bits per heavy atom. The van der Waals surface area contributed by atoms with E-state index in [0.717, 1.165) is 18.4 Å². The Balaban J connectivity index is 1.52. The zero-order valence-electron chi connectivity index (χ0n) is 19.6. The summed E-state index contributed by atoms with van der Waals surface area (Å²) in [6.45, 7) is 2.02. The molecule has 0 aliphatic rings. The number of oxazole rings is 1. The van der Waals surface area contributed by atoms with Gasteiger partial charge < -0.3 is 19.2 Å². The number of carbonyl (C=O) groups is 1. The Morgan fingerprint density at radius 2 is 1.74 bits per heavy atom. The lowest BCUT2D eigenvalue weighted by atomic mass is 10.0. The molecule has 4 rings (SSSR count). The van der Waals surface area contributed by atoms with Gasteiger partial charge in [-0.15, -0.1) is 0 Å². The zero-order valence-corrected chi connectivity index (χ0v) is 19.6. The number of hydrogen-bond donors (Lipinski definition) is 1. The molecule has 1 N–H and O–H groups in total. The SMILES string of the molecule is COc1ccc(-c2cnc(-c3ccccc3C(=O)N[C@H](C)CCc3ccccc3)o2)c(OC)c1. The number of ether oxygens (including phenoxy) is 2. The molecule has 0 saturated heterocycles. The molecule has 0 unspecified atom stereocenters. The number of hydrogen-bond acceptors (Lipinski definition) is 5. The number of methoxy groups -OCH3 is 2. The summed E-state index contributed by atoms with van der Waals surface area (Å²) >= 11 is 0. The molecule has 0 aliphatic carbocycles. The van der Waals surface area contributed by atoms with E-state index in [1.807, 2.05) is 55.5 Å². The molecular weight excluding hydrogens is 428 g/mol. The van der Waals surface area contributed by atoms with Crippen molar-refractivity contribution in [3.63, 3.8) is 0 Å². The molecule has 0 spiro atoms. The fourth-order valence-electron chi connectivity index (χ4n) is 3.79. The molecule has 0 aliphatic heterocycles. The van der Waals surface area contributed by atoms with Gasteiger partial charge in [0, 0.05) is 17.7 Å². The molecule has 0 bridgehead atoms. The van der Waals surface area contributed by atoms with Crippen molar-refractivity contribution in [3.05, 3.63) is 90.1 Å². The fourth-order valence-corrected chi connectivity index (χ4v) is 3.79. The number of nitrogens with one attached hydrogen (secondary N) is 1. The van der Waals surface area contributed by atoms with Gasteiger partial charge in [0.05, 0.1) is 31.5 Å². The molecule has 1 aromatic heterocycles. The average Bonchev–Trinajstić information content (AvgIpc) is 3.37. The fraction of sp³-hybridized carbons (Fsp3) is 0.214. The van der Waals surface area contributed by atoms with Gasteiger partial charge in [0.25, 0.3) is 5.91 Å². The summed E-state index contributed by atoms with van der Waals surface area (Å²) in [6.07, 6.45) is 3.38. The summed E-state index contributed by atoms with van der Waals surface area (Å²) in [4.78, 5) is 17.5. The molecule has 0 saturated carbocycles. The number of rotatable bonds is 9. The van der Waals surface area contributed by atoms with Gasteiger partial charge in [-0.1, -0.05) is 42.5 Å². The van der Waals surface area contributed by atoms with Crippen LogP contribution in [-0.4, -0.2) is 31.2 Å². The monoisotopic (exact) mass is 456 g/mol. The highest BCUT2D eigenvalue weighted by Gasteiger charge is 2.19. The molecule has 1 amide bonds. The van der Waals surface area contributed by atoms with Gasteiger partial charge in [0.2, 0.25) is 5.89 Å². The van der Waals surface area contributed by atoms with Crippen molar-refractivity contribution in [1.29, 1.82) is 0 Å². The summed E-state index contributed by atoms with van der Waals surface area (Å²) in [5, 5.41) is 3.10. The van der Waals surface area contributed by atoms with Gasteiger partial charge in [0.15, 0.2) is 5.76 Å². The Morgan fingerprint density at radius 3 is 2.50 bits per heavy atom. The van der Waals surface area contributed by atoms with Gasteiger partial charge >= 0.3 is 0 Å². The maximum Gasteiger partial charge on any atom is 0.252 e. The summed E-state index contributed by atoms with van der Waals surface area (Å²) in [6, 6.07) is 23.1. The van der Waals surface area contributed by atoms with Crippen molar-refractivity contribution in [2.24, 2.45) is 0 Å². The Hall–Kier alpha value is -4.06. The molecule has 1 heterocycles. The lowest BCUT2D eigenvalue weighted by molar-refractivity contribution is 0.0939. The highest BCUT2D eigenvalue weighted by atomic mass is 16.5. The smallest absolute Gasteiger partial charge is 0.252 e. The van der Waals surface area contributed by atoms with E-state index in [2.05, 4.69) is 22.4 Å². The van der Waals surface area contributed by atoms with Crippen molar-refractivity contribution >= 4 is 5.91 Å². The number of aromatic nitrogens is 1. The molecule has 34 heavy (non-hydrogen) atoms. The first-order valence-corrected chi connectivity index (χ1v) is 11.2. The van der Waals surface area contributed by atoms with Crippen LogP contribution in [-0.2, 0) is 6.42 Å². The number of benzene rings is 3. The molecule has 6 nitrogen and oxygen atoms in total. The normalized spacial score (nSPS) is 11.6. The van der Waals surface area contributed by atoms with Crippen LogP contribution < -0.4 is 14.8 Å². The number of nitrogens with zero attached hydrogens (tertiary/aromatic N) is 1. The van der Waals surface area contributed by atoms with Crippen molar-refractivity contribution in [3.8, 4) is 34.3 Å². The highest BCUT2D eigenvalue weighted by Crippen LogP contribution is 2.35. The van der Waals surface area contributed by atoms with Gasteiger partial charge in [0.1, 0.15) is 11.5 Å². The molecule has 0 radical (unpaired) electrons. The molecular formula is C28H28N2O4. The van der Waals surface area contributed by atoms with E-state index in [1.54, 1.807) is 32.5 Å². The molecule has 0 fully saturated rings. The van der Waals surface area contributed by atoms with Crippen molar-refractivity contribution in [2.45, 2.75) is 25.8 Å². The third-order valence-corrected chi connectivity index (χ3v) is 5.67. The zero-order chi connectivity index (χ0) is 23.9. The molecule has 1 atom stereocenters. The van der Waals surface area contributed by atoms with Crippen LogP contribution in [0, 0.1) is 0 Å². The second-order valence-corrected chi connectivity index (χ2v) is 8.04. The highest BCUT2D eigenvalue weighted by molar-refractivity contribution is 6.00. The quantitative estimate of drug-likeness (QED) is 0.346. The van der Waals surface area contributed by atoms with Crippen LogP contribution in [0.4, 0.5) is 0 Å². The van der Waals surface area contributed by atoms with E-state index >= 15 is 0 Å². The van der Waals surface area contributed by atoms with E-state index in [-0.39, 0.29) is 11.9 Å². The van der Waals surface area contributed by atoms with Crippen LogP contribution >= 0.6 is 0 Å². The second kappa shape index (κ2) is 10.7. The third kappa shape index (κ3) is 5.29. The molecule has 174 valence electrons. The van der Waals surface area contributed by atoms with Gasteiger partial charge in [-0.05, 0) is 49.6 Å². The maximum absolute atomic E-state index is 13.1. The number of carbonyl (C=O) groups excluding carboxylic acids is 1.